The van der Waals surface area contributed by atoms with E-state index < -0.39 is 15.9 Å². The number of anilines is 2. The lowest BCUT2D eigenvalue weighted by Crippen LogP contribution is -2.16. The zero-order valence-corrected chi connectivity index (χ0v) is 15.9. The fourth-order valence-electron chi connectivity index (χ4n) is 2.52. The number of hydrogen-bond donors (Lipinski definition) is 2. The summed E-state index contributed by atoms with van der Waals surface area (Å²) in [6.07, 6.45) is 0. The van der Waals surface area contributed by atoms with Crippen molar-refractivity contribution >= 4 is 33.1 Å². The molecule has 3 aromatic rings. The van der Waals surface area contributed by atoms with E-state index in [4.69, 9.17) is 0 Å². The maximum Gasteiger partial charge on any atom is 0.261 e. The largest absolute Gasteiger partial charge is 0.322 e. The normalized spacial score (nSPS) is 10.9. The van der Waals surface area contributed by atoms with Gasteiger partial charge in [-0.25, -0.2) is 8.42 Å². The molecule has 0 aliphatic carbocycles. The Morgan fingerprint density at radius 2 is 1.43 bits per heavy atom. The van der Waals surface area contributed by atoms with Crippen molar-refractivity contribution in [3.63, 3.8) is 0 Å². The number of nitrogens with one attached hydrogen (secondary N) is 2. The minimum absolute atomic E-state index is 0.0381. The predicted octanol–water partition coefficient (Wildman–Crippen LogP) is 3.94. The Bertz CT molecular complexity index is 1110. The molecule has 28 heavy (non-hydrogen) atoms. The van der Waals surface area contributed by atoms with Crippen molar-refractivity contribution in [2.75, 3.05) is 10.0 Å². The number of hydrogen-bond acceptors (Lipinski definition) is 4. The summed E-state index contributed by atoms with van der Waals surface area (Å²) in [7, 11) is -3.89. The topological polar surface area (TPSA) is 92.3 Å². The average molecular weight is 394 g/mol. The minimum Gasteiger partial charge on any atom is -0.322 e. The van der Waals surface area contributed by atoms with Gasteiger partial charge < -0.3 is 5.32 Å². The van der Waals surface area contributed by atoms with E-state index in [0.717, 1.165) is 0 Å². The molecule has 2 N–H and O–H groups in total. The van der Waals surface area contributed by atoms with Crippen LogP contribution in [0, 0.1) is 0 Å². The molecule has 0 aromatic heterocycles. The molecule has 0 atom stereocenters. The number of Topliss-reactive ketones (excluding diaryl/α,β-unsaturated/α-hetero) is 1. The van der Waals surface area contributed by atoms with Crippen LogP contribution in [0.25, 0.3) is 0 Å². The van der Waals surface area contributed by atoms with Crippen molar-refractivity contribution in [1.29, 1.82) is 0 Å². The quantitative estimate of drug-likeness (QED) is 0.620. The molecular formula is C21H18N2O4S. The lowest BCUT2D eigenvalue weighted by Gasteiger charge is -2.10. The number of carbonyl (C=O) groups is 2. The van der Waals surface area contributed by atoms with Crippen molar-refractivity contribution in [2.45, 2.75) is 11.8 Å². The molecule has 0 unspecified atom stereocenters. The van der Waals surface area contributed by atoms with Gasteiger partial charge in [0.1, 0.15) is 0 Å². The molecule has 3 rings (SSSR count). The van der Waals surface area contributed by atoms with E-state index >= 15 is 0 Å². The van der Waals surface area contributed by atoms with Crippen molar-refractivity contribution < 1.29 is 18.0 Å². The van der Waals surface area contributed by atoms with Gasteiger partial charge in [-0.3, -0.25) is 14.3 Å². The van der Waals surface area contributed by atoms with Gasteiger partial charge in [0, 0.05) is 22.5 Å². The molecule has 0 heterocycles. The van der Waals surface area contributed by atoms with Gasteiger partial charge in [0.2, 0.25) is 0 Å². The van der Waals surface area contributed by atoms with Crippen LogP contribution in [0.4, 0.5) is 11.4 Å². The van der Waals surface area contributed by atoms with Crippen molar-refractivity contribution in [2.24, 2.45) is 0 Å². The molecule has 0 spiro atoms. The lowest BCUT2D eigenvalue weighted by molar-refractivity contribution is 0.101. The first-order valence-corrected chi connectivity index (χ1v) is 9.94. The molecule has 0 radical (unpaired) electrons. The van der Waals surface area contributed by atoms with E-state index in [1.165, 1.54) is 37.3 Å². The summed E-state index contributed by atoms with van der Waals surface area (Å²) >= 11 is 0. The highest BCUT2D eigenvalue weighted by Crippen LogP contribution is 2.19. The van der Waals surface area contributed by atoms with Gasteiger partial charge in [0.15, 0.2) is 5.78 Å². The summed E-state index contributed by atoms with van der Waals surface area (Å²) in [5, 5.41) is 2.72. The monoisotopic (exact) mass is 394 g/mol. The van der Waals surface area contributed by atoms with Crippen LogP contribution >= 0.6 is 0 Å². The molecule has 1 amide bonds. The number of carbonyl (C=O) groups excluding carboxylic acids is 2. The minimum atomic E-state index is -3.89. The second-order valence-electron chi connectivity index (χ2n) is 6.09. The SMILES string of the molecule is CC(=O)c1ccc(NS(=O)(=O)c2cccc(C(=O)Nc3ccccc3)c2)cc1. The maximum absolute atomic E-state index is 12.6. The van der Waals surface area contributed by atoms with E-state index in [2.05, 4.69) is 10.0 Å². The number of sulfonamides is 1. The van der Waals surface area contributed by atoms with Gasteiger partial charge in [0.25, 0.3) is 15.9 Å². The smallest absolute Gasteiger partial charge is 0.261 e. The maximum atomic E-state index is 12.6. The third kappa shape index (κ3) is 4.63. The molecule has 0 fully saturated rings. The number of rotatable bonds is 6. The Kier molecular flexibility index (Phi) is 5.56. The van der Waals surface area contributed by atoms with Gasteiger partial charge in [-0.2, -0.15) is 0 Å². The standard InChI is InChI=1S/C21H18N2O4S/c1-15(24)16-10-12-19(13-11-16)23-28(26,27)20-9-5-6-17(14-20)21(25)22-18-7-3-2-4-8-18/h2-14,23H,1H3,(H,22,25). The van der Waals surface area contributed by atoms with Crippen molar-refractivity contribution in [3.05, 3.63) is 90.0 Å². The fourth-order valence-corrected chi connectivity index (χ4v) is 3.62. The van der Waals surface area contributed by atoms with Crippen LogP contribution < -0.4 is 10.0 Å². The van der Waals surface area contributed by atoms with Crippen molar-refractivity contribution in [3.8, 4) is 0 Å². The summed E-state index contributed by atoms with van der Waals surface area (Å²) in [5.41, 5.74) is 1.65. The van der Waals surface area contributed by atoms with E-state index in [1.807, 2.05) is 6.07 Å². The first-order valence-electron chi connectivity index (χ1n) is 8.45. The Morgan fingerprint density at radius 1 is 0.750 bits per heavy atom. The molecule has 0 bridgehead atoms. The highest BCUT2D eigenvalue weighted by atomic mass is 32.2. The summed E-state index contributed by atoms with van der Waals surface area (Å²) < 4.78 is 27.7. The summed E-state index contributed by atoms with van der Waals surface area (Å²) in [4.78, 5) is 23.7. The van der Waals surface area contributed by atoms with Crippen molar-refractivity contribution in [1.82, 2.24) is 0 Å². The van der Waals surface area contributed by atoms with Gasteiger partial charge in [-0.05, 0) is 61.5 Å². The number of para-hydroxylation sites is 1. The van der Waals surface area contributed by atoms with Crippen LogP contribution in [-0.4, -0.2) is 20.1 Å². The van der Waals surface area contributed by atoms with Crippen LogP contribution in [0.1, 0.15) is 27.6 Å². The molecule has 0 aliphatic heterocycles. The van der Waals surface area contributed by atoms with Crippen LogP contribution in [-0.2, 0) is 10.0 Å². The third-order valence-corrected chi connectivity index (χ3v) is 5.36. The van der Waals surface area contributed by atoms with E-state index in [0.29, 0.717) is 16.9 Å². The zero-order chi connectivity index (χ0) is 20.1. The van der Waals surface area contributed by atoms with E-state index in [9.17, 15) is 18.0 Å². The van der Waals surface area contributed by atoms with Gasteiger partial charge in [-0.1, -0.05) is 24.3 Å². The Balaban J connectivity index is 1.79. The van der Waals surface area contributed by atoms with E-state index in [1.54, 1.807) is 42.5 Å². The molecule has 142 valence electrons. The van der Waals surface area contributed by atoms with Gasteiger partial charge in [-0.15, -0.1) is 0 Å². The predicted molar refractivity (Wildman–Crippen MR) is 108 cm³/mol. The first-order chi connectivity index (χ1) is 13.3. The number of amides is 1. The second kappa shape index (κ2) is 8.06. The third-order valence-electron chi connectivity index (χ3n) is 3.98. The number of benzene rings is 3. The summed E-state index contributed by atoms with van der Waals surface area (Å²) in [5.74, 6) is -0.513. The fraction of sp³-hybridized carbons (Fsp3) is 0.0476. The van der Waals surface area contributed by atoms with Crippen LogP contribution in [0.5, 0.6) is 0 Å². The Morgan fingerprint density at radius 3 is 2.07 bits per heavy atom. The van der Waals surface area contributed by atoms with Gasteiger partial charge in [0.05, 0.1) is 4.90 Å². The van der Waals surface area contributed by atoms with E-state index in [-0.39, 0.29) is 16.2 Å². The average Bonchev–Trinajstić information content (AvgIpc) is 2.69. The van der Waals surface area contributed by atoms with Crippen LogP contribution in [0.2, 0.25) is 0 Å². The Labute approximate surface area is 163 Å². The molecule has 0 saturated heterocycles. The van der Waals surface area contributed by atoms with Crippen LogP contribution in [0.3, 0.4) is 0 Å². The molecule has 7 heteroatoms. The lowest BCUT2D eigenvalue weighted by atomic mass is 10.1. The highest BCUT2D eigenvalue weighted by Gasteiger charge is 2.17. The van der Waals surface area contributed by atoms with Crippen LogP contribution in [0.15, 0.2) is 83.8 Å². The molecule has 0 aliphatic rings. The summed E-state index contributed by atoms with van der Waals surface area (Å²) in [6, 6.07) is 20.8. The summed E-state index contributed by atoms with van der Waals surface area (Å²) in [6.45, 7) is 1.44. The molecule has 0 saturated carbocycles. The first kappa shape index (κ1) is 19.3. The zero-order valence-electron chi connectivity index (χ0n) is 15.0. The molecular weight excluding hydrogens is 376 g/mol. The molecule has 3 aromatic carbocycles. The number of ketones is 1. The molecule has 6 nitrogen and oxygen atoms in total. The second-order valence-corrected chi connectivity index (χ2v) is 7.77. The Hall–Kier alpha value is -3.45. The highest BCUT2D eigenvalue weighted by molar-refractivity contribution is 7.92. The van der Waals surface area contributed by atoms with Gasteiger partial charge >= 0.3 is 0 Å².